The minimum atomic E-state index is -0.851. The average Bonchev–Trinajstić information content (AvgIpc) is 1.94. The fourth-order valence-corrected chi connectivity index (χ4v) is 0.920. The highest BCUT2D eigenvalue weighted by Crippen LogP contribution is 2.20. The van der Waals surface area contributed by atoms with Crippen LogP contribution >= 0.6 is 11.6 Å². The molecule has 0 aliphatic rings. The van der Waals surface area contributed by atoms with Gasteiger partial charge in [0.15, 0.2) is 11.0 Å². The first-order valence-corrected chi connectivity index (χ1v) is 3.48. The largest absolute Gasteiger partial charge is 0.389 e. The highest BCUT2D eigenvalue weighted by atomic mass is 35.5. The van der Waals surface area contributed by atoms with Crippen LogP contribution in [0.3, 0.4) is 0 Å². The van der Waals surface area contributed by atoms with Gasteiger partial charge in [-0.1, -0.05) is 11.6 Å². The van der Waals surface area contributed by atoms with Gasteiger partial charge >= 0.3 is 0 Å². The molecule has 0 amide bonds. The summed E-state index contributed by atoms with van der Waals surface area (Å²) in [6, 6.07) is 1.39. The molecule has 1 atom stereocenters. The van der Waals surface area contributed by atoms with Crippen LogP contribution in [0.25, 0.3) is 0 Å². The first-order valence-electron chi connectivity index (χ1n) is 3.11. The Kier molecular flexibility index (Phi) is 2.42. The van der Waals surface area contributed by atoms with E-state index in [2.05, 4.69) is 4.98 Å². The van der Waals surface area contributed by atoms with Crippen molar-refractivity contribution in [2.24, 2.45) is 0 Å². The molecule has 1 heterocycles. The molecule has 0 bridgehead atoms. The summed E-state index contributed by atoms with van der Waals surface area (Å²) in [7, 11) is 0. The normalized spacial score (nSPS) is 13.1. The molecule has 1 aromatic heterocycles. The van der Waals surface area contributed by atoms with E-state index >= 15 is 0 Å². The summed E-state index contributed by atoms with van der Waals surface area (Å²) in [6.07, 6.45) is 0.503. The molecule has 0 aliphatic heterocycles. The first-order chi connectivity index (χ1) is 5.13. The molecule has 1 N–H and O–H groups in total. The summed E-state index contributed by atoms with van der Waals surface area (Å²) in [5.41, 5.74) is 0.171. The number of rotatable bonds is 1. The number of halogens is 2. The van der Waals surface area contributed by atoms with Crippen molar-refractivity contribution < 1.29 is 9.50 Å². The zero-order valence-electron chi connectivity index (χ0n) is 5.88. The second kappa shape index (κ2) is 3.15. The lowest BCUT2D eigenvalue weighted by atomic mass is 10.2. The number of aliphatic hydroxyl groups excluding tert-OH is 1. The molecule has 0 aliphatic carbocycles. The second-order valence-corrected chi connectivity index (χ2v) is 2.54. The van der Waals surface area contributed by atoms with E-state index in [1.54, 1.807) is 0 Å². The third-order valence-corrected chi connectivity index (χ3v) is 1.59. The van der Waals surface area contributed by atoms with Crippen molar-refractivity contribution in [3.63, 3.8) is 0 Å². The molecule has 60 valence electrons. The van der Waals surface area contributed by atoms with Gasteiger partial charge in [-0.3, -0.25) is 0 Å². The molecule has 1 rings (SSSR count). The Morgan fingerprint density at radius 2 is 2.36 bits per heavy atom. The zero-order chi connectivity index (χ0) is 8.43. The Labute approximate surface area is 68.6 Å². The van der Waals surface area contributed by atoms with E-state index in [9.17, 15) is 4.39 Å². The van der Waals surface area contributed by atoms with Crippen LogP contribution in [0.2, 0.25) is 5.15 Å². The Balaban J connectivity index is 3.17. The van der Waals surface area contributed by atoms with E-state index in [1.807, 2.05) is 0 Å². The summed E-state index contributed by atoms with van der Waals surface area (Å²) in [5, 5.41) is 8.80. The van der Waals surface area contributed by atoms with Crippen LogP contribution in [0.1, 0.15) is 18.6 Å². The molecule has 0 radical (unpaired) electrons. The van der Waals surface area contributed by atoms with Crippen LogP contribution < -0.4 is 0 Å². The van der Waals surface area contributed by atoms with Gasteiger partial charge in [0.2, 0.25) is 0 Å². The summed E-state index contributed by atoms with van der Waals surface area (Å²) in [4.78, 5) is 3.50. The zero-order valence-corrected chi connectivity index (χ0v) is 6.64. The quantitative estimate of drug-likeness (QED) is 0.662. The van der Waals surface area contributed by atoms with Crippen molar-refractivity contribution in [1.82, 2.24) is 4.98 Å². The standard InChI is InChI=1S/C7H7ClFNO/c1-4(11)5-2-3-10-7(8)6(5)9/h2-4,11H,1H3. The maximum absolute atomic E-state index is 12.9. The van der Waals surface area contributed by atoms with Gasteiger partial charge in [-0.15, -0.1) is 0 Å². The summed E-state index contributed by atoms with van der Waals surface area (Å²) in [5.74, 6) is -0.649. The number of hydrogen-bond acceptors (Lipinski definition) is 2. The predicted octanol–water partition coefficient (Wildman–Crippen LogP) is 1.93. The molecule has 0 fully saturated rings. The Hall–Kier alpha value is -0.670. The molecular formula is C7H7ClFNO. The van der Waals surface area contributed by atoms with Crippen LogP contribution in [-0.4, -0.2) is 10.1 Å². The first kappa shape index (κ1) is 8.43. The van der Waals surface area contributed by atoms with E-state index in [0.717, 1.165) is 0 Å². The van der Waals surface area contributed by atoms with E-state index in [4.69, 9.17) is 16.7 Å². The van der Waals surface area contributed by atoms with Crippen molar-refractivity contribution >= 4 is 11.6 Å². The molecule has 2 nitrogen and oxygen atoms in total. The lowest BCUT2D eigenvalue weighted by molar-refractivity contribution is 0.194. The van der Waals surface area contributed by atoms with Crippen LogP contribution in [0.5, 0.6) is 0 Å². The number of hydrogen-bond donors (Lipinski definition) is 1. The molecule has 0 saturated carbocycles. The van der Waals surface area contributed by atoms with Gasteiger partial charge in [0.25, 0.3) is 0 Å². The summed E-state index contributed by atoms with van der Waals surface area (Å²) < 4.78 is 12.9. The third kappa shape index (κ3) is 1.67. The van der Waals surface area contributed by atoms with E-state index in [-0.39, 0.29) is 10.7 Å². The fourth-order valence-electron chi connectivity index (χ4n) is 0.755. The van der Waals surface area contributed by atoms with Crippen LogP contribution in [0.15, 0.2) is 12.3 Å². The molecule has 1 aromatic rings. The van der Waals surface area contributed by atoms with Gasteiger partial charge < -0.3 is 5.11 Å². The van der Waals surface area contributed by atoms with Crippen LogP contribution in [0.4, 0.5) is 4.39 Å². The van der Waals surface area contributed by atoms with Gasteiger partial charge in [0.05, 0.1) is 6.10 Å². The Morgan fingerprint density at radius 1 is 1.73 bits per heavy atom. The molecular weight excluding hydrogens is 169 g/mol. The van der Waals surface area contributed by atoms with Crippen molar-refractivity contribution in [3.8, 4) is 0 Å². The highest BCUT2D eigenvalue weighted by molar-refractivity contribution is 6.29. The lowest BCUT2D eigenvalue weighted by Gasteiger charge is -2.05. The smallest absolute Gasteiger partial charge is 0.166 e. The summed E-state index contributed by atoms with van der Waals surface area (Å²) >= 11 is 5.36. The topological polar surface area (TPSA) is 33.1 Å². The van der Waals surface area contributed by atoms with E-state index in [0.29, 0.717) is 0 Å². The maximum Gasteiger partial charge on any atom is 0.166 e. The van der Waals surface area contributed by atoms with Gasteiger partial charge in [0, 0.05) is 11.8 Å². The maximum atomic E-state index is 12.9. The third-order valence-electron chi connectivity index (χ3n) is 1.33. The van der Waals surface area contributed by atoms with Crippen molar-refractivity contribution in [2.75, 3.05) is 0 Å². The Bertz CT molecular complexity index is 265. The Morgan fingerprint density at radius 3 is 2.82 bits per heavy atom. The number of nitrogens with zero attached hydrogens (tertiary/aromatic N) is 1. The molecule has 1 unspecified atom stereocenters. The highest BCUT2D eigenvalue weighted by Gasteiger charge is 2.10. The van der Waals surface area contributed by atoms with Crippen LogP contribution in [0, 0.1) is 5.82 Å². The minimum Gasteiger partial charge on any atom is -0.389 e. The van der Waals surface area contributed by atoms with Gasteiger partial charge in [-0.25, -0.2) is 9.37 Å². The molecule has 11 heavy (non-hydrogen) atoms. The molecule has 4 heteroatoms. The number of aliphatic hydroxyl groups is 1. The number of pyridine rings is 1. The SMILES string of the molecule is CC(O)c1ccnc(Cl)c1F. The fraction of sp³-hybridized carbons (Fsp3) is 0.286. The number of aromatic nitrogens is 1. The minimum absolute atomic E-state index is 0.171. The second-order valence-electron chi connectivity index (χ2n) is 2.18. The van der Waals surface area contributed by atoms with Crippen molar-refractivity contribution in [2.45, 2.75) is 13.0 Å². The lowest BCUT2D eigenvalue weighted by Crippen LogP contribution is -1.97. The van der Waals surface area contributed by atoms with E-state index in [1.165, 1.54) is 19.2 Å². The van der Waals surface area contributed by atoms with Gasteiger partial charge in [-0.2, -0.15) is 0 Å². The van der Waals surface area contributed by atoms with Gasteiger partial charge in [0.1, 0.15) is 0 Å². The summed E-state index contributed by atoms with van der Waals surface area (Å²) in [6.45, 7) is 1.47. The van der Waals surface area contributed by atoms with Gasteiger partial charge in [-0.05, 0) is 13.0 Å². The molecule has 0 saturated heterocycles. The molecule has 0 spiro atoms. The van der Waals surface area contributed by atoms with Crippen LogP contribution in [-0.2, 0) is 0 Å². The predicted molar refractivity (Wildman–Crippen MR) is 39.8 cm³/mol. The molecule has 0 aromatic carbocycles. The van der Waals surface area contributed by atoms with Crippen molar-refractivity contribution in [3.05, 3.63) is 28.8 Å². The average molecular weight is 176 g/mol. The van der Waals surface area contributed by atoms with E-state index < -0.39 is 11.9 Å². The van der Waals surface area contributed by atoms with Crippen molar-refractivity contribution in [1.29, 1.82) is 0 Å². The monoisotopic (exact) mass is 175 g/mol.